The number of benzene rings is 1. The Kier molecular flexibility index (Phi) is 3.71. The third-order valence-corrected chi connectivity index (χ3v) is 5.37. The minimum absolute atomic E-state index is 0.175. The lowest BCUT2D eigenvalue weighted by molar-refractivity contribution is 0.0479. The van der Waals surface area contributed by atoms with Gasteiger partial charge in [-0.15, -0.1) is 0 Å². The van der Waals surface area contributed by atoms with Crippen molar-refractivity contribution in [2.24, 2.45) is 5.41 Å². The molecule has 108 valence electrons. The highest BCUT2D eigenvalue weighted by atomic mass is 14.6. The molecule has 0 atom stereocenters. The summed E-state index contributed by atoms with van der Waals surface area (Å²) in [6, 6.07) is 11.4. The molecule has 1 aromatic rings. The molecule has 20 heavy (non-hydrogen) atoms. The van der Waals surface area contributed by atoms with E-state index in [0.29, 0.717) is 5.41 Å². The smallest absolute Gasteiger partial charge is 0.0833 e. The van der Waals surface area contributed by atoms with Crippen molar-refractivity contribution < 1.29 is 0 Å². The van der Waals surface area contributed by atoms with E-state index in [1.54, 1.807) is 0 Å². The van der Waals surface area contributed by atoms with Crippen LogP contribution in [0.1, 0.15) is 71.4 Å². The Morgan fingerprint density at radius 2 is 1.55 bits per heavy atom. The molecule has 1 aliphatic rings. The minimum Gasteiger partial charge on any atom is -0.197 e. The molecule has 0 N–H and O–H groups in total. The predicted octanol–water partition coefficient (Wildman–Crippen LogP) is 5.35. The number of hydrogen-bond acceptors (Lipinski definition) is 1. The first-order valence-corrected chi connectivity index (χ1v) is 7.83. The lowest BCUT2D eigenvalue weighted by atomic mass is 9.49. The maximum Gasteiger partial charge on any atom is 0.0833 e. The summed E-state index contributed by atoms with van der Waals surface area (Å²) >= 11 is 0. The zero-order valence-electron chi connectivity index (χ0n) is 13.6. The first-order chi connectivity index (χ1) is 9.31. The van der Waals surface area contributed by atoms with E-state index in [9.17, 15) is 5.26 Å². The van der Waals surface area contributed by atoms with Crippen molar-refractivity contribution in [2.75, 3.05) is 0 Å². The largest absolute Gasteiger partial charge is 0.197 e. The van der Waals surface area contributed by atoms with Crippen molar-refractivity contribution in [1.29, 1.82) is 5.26 Å². The van der Waals surface area contributed by atoms with Gasteiger partial charge in [0.25, 0.3) is 0 Å². The fourth-order valence-corrected chi connectivity index (χ4v) is 3.62. The van der Waals surface area contributed by atoms with Crippen molar-refractivity contribution in [2.45, 2.75) is 71.1 Å². The van der Waals surface area contributed by atoms with Crippen LogP contribution in [0.3, 0.4) is 0 Å². The van der Waals surface area contributed by atoms with E-state index in [4.69, 9.17) is 0 Å². The van der Waals surface area contributed by atoms with Crippen LogP contribution in [0.15, 0.2) is 24.3 Å². The summed E-state index contributed by atoms with van der Waals surface area (Å²) in [7, 11) is 0. The molecule has 0 heterocycles. The lowest BCUT2D eigenvalue weighted by Gasteiger charge is -2.53. The Labute approximate surface area is 124 Å². The van der Waals surface area contributed by atoms with E-state index >= 15 is 0 Å². The van der Waals surface area contributed by atoms with Gasteiger partial charge in [0.2, 0.25) is 0 Å². The van der Waals surface area contributed by atoms with Crippen LogP contribution in [0, 0.1) is 16.7 Å². The molecule has 2 rings (SSSR count). The molecule has 1 fully saturated rings. The van der Waals surface area contributed by atoms with E-state index < -0.39 is 0 Å². The molecule has 1 nitrogen and oxygen atoms in total. The van der Waals surface area contributed by atoms with Crippen LogP contribution in [-0.4, -0.2) is 0 Å². The summed E-state index contributed by atoms with van der Waals surface area (Å²) in [5.41, 5.74) is 2.89. The van der Waals surface area contributed by atoms with Crippen LogP contribution in [-0.2, 0) is 10.8 Å². The van der Waals surface area contributed by atoms with E-state index in [2.05, 4.69) is 65.0 Å². The van der Waals surface area contributed by atoms with Gasteiger partial charge in [0.15, 0.2) is 0 Å². The predicted molar refractivity (Wildman–Crippen MR) is 84.7 cm³/mol. The van der Waals surface area contributed by atoms with Gasteiger partial charge in [-0.2, -0.15) is 5.26 Å². The molecule has 0 aliphatic heterocycles. The molecule has 0 spiro atoms. The van der Waals surface area contributed by atoms with Crippen LogP contribution in [0.4, 0.5) is 0 Å². The molecule has 0 radical (unpaired) electrons. The molecule has 0 amide bonds. The van der Waals surface area contributed by atoms with Gasteiger partial charge in [-0.25, -0.2) is 0 Å². The molecule has 0 aromatic heterocycles. The minimum atomic E-state index is -0.234. The number of nitriles is 1. The first kappa shape index (κ1) is 15.1. The van der Waals surface area contributed by atoms with Crippen molar-refractivity contribution in [3.05, 3.63) is 35.4 Å². The average Bonchev–Trinajstić information content (AvgIpc) is 2.39. The highest BCUT2D eigenvalue weighted by Gasteiger charge is 2.53. The van der Waals surface area contributed by atoms with E-state index in [1.807, 2.05) is 0 Å². The van der Waals surface area contributed by atoms with Crippen molar-refractivity contribution in [3.63, 3.8) is 0 Å². The van der Waals surface area contributed by atoms with Gasteiger partial charge in [0.1, 0.15) is 0 Å². The first-order valence-electron chi connectivity index (χ1n) is 7.83. The Balaban J connectivity index is 2.26. The zero-order chi connectivity index (χ0) is 15.0. The van der Waals surface area contributed by atoms with Crippen molar-refractivity contribution in [1.82, 2.24) is 0 Å². The van der Waals surface area contributed by atoms with E-state index in [0.717, 1.165) is 12.8 Å². The monoisotopic (exact) mass is 269 g/mol. The molecular formula is C19H27N. The Bertz CT molecular complexity index is 498. The van der Waals surface area contributed by atoms with E-state index in [-0.39, 0.29) is 10.8 Å². The molecule has 0 saturated heterocycles. The number of nitrogens with zero attached hydrogens (tertiary/aromatic N) is 1. The van der Waals surface area contributed by atoms with Crippen molar-refractivity contribution >= 4 is 0 Å². The van der Waals surface area contributed by atoms with Gasteiger partial charge in [0, 0.05) is 0 Å². The number of rotatable bonds is 3. The van der Waals surface area contributed by atoms with Crippen LogP contribution >= 0.6 is 0 Å². The van der Waals surface area contributed by atoms with Gasteiger partial charge in [-0.3, -0.25) is 0 Å². The van der Waals surface area contributed by atoms with Crippen molar-refractivity contribution in [3.8, 4) is 6.07 Å². The summed E-state index contributed by atoms with van der Waals surface area (Å²) in [5, 5.41) is 9.69. The van der Waals surface area contributed by atoms with Gasteiger partial charge >= 0.3 is 0 Å². The van der Waals surface area contributed by atoms with Gasteiger partial charge < -0.3 is 0 Å². The second-order valence-corrected chi connectivity index (χ2v) is 7.58. The fourth-order valence-electron chi connectivity index (χ4n) is 3.62. The molecule has 1 heteroatoms. The van der Waals surface area contributed by atoms with Crippen LogP contribution in [0.25, 0.3) is 0 Å². The molecule has 1 aliphatic carbocycles. The Morgan fingerprint density at radius 1 is 1.05 bits per heavy atom. The lowest BCUT2D eigenvalue weighted by Crippen LogP contribution is -2.48. The highest BCUT2D eigenvalue weighted by Crippen LogP contribution is 2.58. The standard InChI is InChI=1S/C19H27N/c1-6-18(7-2)12-19(13-18,14-20)16-10-8-15(9-11-16)17(3,4)5/h8-11H,6-7,12-13H2,1-5H3. The summed E-state index contributed by atoms with van der Waals surface area (Å²) < 4.78 is 0. The summed E-state index contributed by atoms with van der Waals surface area (Å²) in [6.45, 7) is 11.2. The van der Waals surface area contributed by atoms with Gasteiger partial charge in [-0.05, 0) is 34.8 Å². The molecule has 0 unspecified atom stereocenters. The topological polar surface area (TPSA) is 23.8 Å². The Hall–Kier alpha value is -1.29. The van der Waals surface area contributed by atoms with Gasteiger partial charge in [-0.1, -0.05) is 71.7 Å². The quantitative estimate of drug-likeness (QED) is 0.726. The number of hydrogen-bond donors (Lipinski definition) is 0. The summed E-state index contributed by atoms with van der Waals surface area (Å²) in [4.78, 5) is 0. The maximum absolute atomic E-state index is 9.69. The van der Waals surface area contributed by atoms with Crippen LogP contribution in [0.5, 0.6) is 0 Å². The van der Waals surface area contributed by atoms with E-state index in [1.165, 1.54) is 24.0 Å². The maximum atomic E-state index is 9.69. The third kappa shape index (κ3) is 2.37. The van der Waals surface area contributed by atoms with Gasteiger partial charge in [0.05, 0.1) is 11.5 Å². The summed E-state index contributed by atoms with van der Waals surface area (Å²) in [6.07, 6.45) is 4.43. The zero-order valence-corrected chi connectivity index (χ0v) is 13.6. The van der Waals surface area contributed by atoms with Crippen LogP contribution < -0.4 is 0 Å². The SMILES string of the molecule is CCC1(CC)CC(C#N)(c2ccc(C(C)(C)C)cc2)C1. The third-order valence-electron chi connectivity index (χ3n) is 5.37. The second-order valence-electron chi connectivity index (χ2n) is 7.58. The summed E-state index contributed by atoms with van der Waals surface area (Å²) in [5.74, 6) is 0. The Morgan fingerprint density at radius 3 is 1.90 bits per heavy atom. The highest BCUT2D eigenvalue weighted by molar-refractivity contribution is 5.40. The average molecular weight is 269 g/mol. The van der Waals surface area contributed by atoms with Crippen LogP contribution in [0.2, 0.25) is 0 Å². The molecule has 1 saturated carbocycles. The normalized spacial score (nSPS) is 20.0. The molecule has 1 aromatic carbocycles. The molecule has 0 bridgehead atoms. The fraction of sp³-hybridized carbons (Fsp3) is 0.632. The second kappa shape index (κ2) is 4.92. The molecular weight excluding hydrogens is 242 g/mol.